The van der Waals surface area contributed by atoms with E-state index in [2.05, 4.69) is 12.1 Å². The van der Waals surface area contributed by atoms with E-state index in [0.29, 0.717) is 41.4 Å². The van der Waals surface area contributed by atoms with Gasteiger partial charge in [-0.25, -0.2) is 4.79 Å². The number of ether oxygens (including phenoxy) is 2. The molecule has 1 amide bonds. The monoisotopic (exact) mass is 421 g/mol. The number of carbonyl (C=O) groups excluding carboxylic acids is 1. The maximum atomic E-state index is 12.3. The lowest BCUT2D eigenvalue weighted by Gasteiger charge is -2.24. The molecular weight excluding hydrogens is 397 g/mol. The summed E-state index contributed by atoms with van der Waals surface area (Å²) in [5.74, 6) is 0.903. The number of likely N-dealkylation sites (tertiary alicyclic amines) is 1. The molecule has 1 unspecified atom stereocenters. The number of hydrogen-bond donors (Lipinski definition) is 0. The van der Waals surface area contributed by atoms with E-state index < -0.39 is 5.60 Å². The van der Waals surface area contributed by atoms with Crippen molar-refractivity contribution in [2.24, 2.45) is 0 Å². The largest absolute Gasteiger partial charge is 0.487 e. The molecule has 0 saturated carbocycles. The van der Waals surface area contributed by atoms with Crippen LogP contribution >= 0.6 is 23.2 Å². The van der Waals surface area contributed by atoms with Crippen LogP contribution in [0, 0.1) is 0 Å². The molecule has 2 aromatic carbocycles. The number of rotatable bonds is 4. The molecule has 0 N–H and O–H groups in total. The summed E-state index contributed by atoms with van der Waals surface area (Å²) in [4.78, 5) is 14.1. The molecule has 1 saturated heterocycles. The van der Waals surface area contributed by atoms with Crippen LogP contribution in [0.1, 0.15) is 44.2 Å². The summed E-state index contributed by atoms with van der Waals surface area (Å²) in [6, 6.07) is 13.5. The van der Waals surface area contributed by atoms with Crippen LogP contribution in [0.4, 0.5) is 4.79 Å². The summed E-state index contributed by atoms with van der Waals surface area (Å²) in [6.45, 7) is 7.44. The average molecular weight is 422 g/mol. The van der Waals surface area contributed by atoms with Gasteiger partial charge in [-0.05, 0) is 56.5 Å². The number of benzene rings is 2. The Kier molecular flexibility index (Phi) is 6.41. The van der Waals surface area contributed by atoms with Crippen molar-refractivity contribution in [3.63, 3.8) is 0 Å². The first kappa shape index (κ1) is 20.8. The van der Waals surface area contributed by atoms with Crippen molar-refractivity contribution in [3.8, 4) is 5.75 Å². The minimum atomic E-state index is -0.477. The highest BCUT2D eigenvalue weighted by atomic mass is 35.5. The highest BCUT2D eigenvalue weighted by Gasteiger charge is 2.30. The second kappa shape index (κ2) is 8.62. The van der Waals surface area contributed by atoms with Gasteiger partial charge in [-0.1, -0.05) is 47.5 Å². The normalized spacial score (nSPS) is 16.9. The van der Waals surface area contributed by atoms with Crippen LogP contribution in [0.3, 0.4) is 0 Å². The Morgan fingerprint density at radius 1 is 1.18 bits per heavy atom. The molecule has 0 spiro atoms. The zero-order valence-electron chi connectivity index (χ0n) is 16.4. The fourth-order valence-corrected chi connectivity index (χ4v) is 3.68. The third-order valence-corrected chi connectivity index (χ3v) is 5.08. The molecule has 1 aliphatic heterocycles. The number of amides is 1. The van der Waals surface area contributed by atoms with Gasteiger partial charge in [-0.3, -0.25) is 0 Å². The van der Waals surface area contributed by atoms with Crippen molar-refractivity contribution in [3.05, 3.63) is 63.6 Å². The van der Waals surface area contributed by atoms with Gasteiger partial charge in [0, 0.05) is 24.0 Å². The Labute approximate surface area is 176 Å². The third-order valence-electron chi connectivity index (χ3n) is 4.55. The number of nitrogens with zero attached hydrogens (tertiary/aromatic N) is 1. The van der Waals surface area contributed by atoms with Crippen LogP contribution in [0.2, 0.25) is 10.0 Å². The predicted octanol–water partition coefficient (Wildman–Crippen LogP) is 6.30. The zero-order valence-corrected chi connectivity index (χ0v) is 17.9. The highest BCUT2D eigenvalue weighted by molar-refractivity contribution is 6.35. The van der Waals surface area contributed by atoms with Crippen LogP contribution in [0.15, 0.2) is 42.5 Å². The summed E-state index contributed by atoms with van der Waals surface area (Å²) in [7, 11) is 0. The summed E-state index contributed by atoms with van der Waals surface area (Å²) >= 11 is 12.1. The van der Waals surface area contributed by atoms with Crippen LogP contribution in [-0.2, 0) is 11.3 Å². The van der Waals surface area contributed by atoms with Crippen LogP contribution in [0.25, 0.3) is 0 Å². The maximum absolute atomic E-state index is 12.3. The smallest absolute Gasteiger partial charge is 0.410 e. The summed E-state index contributed by atoms with van der Waals surface area (Å²) in [5.41, 5.74) is 1.78. The summed E-state index contributed by atoms with van der Waals surface area (Å²) in [6.07, 6.45) is 0.680. The van der Waals surface area contributed by atoms with Gasteiger partial charge in [0.2, 0.25) is 0 Å². The molecular formula is C22H25Cl2NO3. The quantitative estimate of drug-likeness (QED) is 0.581. The summed E-state index contributed by atoms with van der Waals surface area (Å²) in [5, 5.41) is 1.07. The lowest BCUT2D eigenvalue weighted by Crippen LogP contribution is -2.35. The van der Waals surface area contributed by atoms with Crippen molar-refractivity contribution in [1.82, 2.24) is 4.90 Å². The fourth-order valence-electron chi connectivity index (χ4n) is 3.21. The zero-order chi connectivity index (χ0) is 20.3. The van der Waals surface area contributed by atoms with Gasteiger partial charge < -0.3 is 14.4 Å². The number of halogens is 2. The molecule has 1 heterocycles. The van der Waals surface area contributed by atoms with Gasteiger partial charge in [-0.15, -0.1) is 0 Å². The van der Waals surface area contributed by atoms with Crippen molar-refractivity contribution in [1.29, 1.82) is 0 Å². The van der Waals surface area contributed by atoms with Crippen molar-refractivity contribution in [2.45, 2.75) is 45.3 Å². The van der Waals surface area contributed by atoms with Gasteiger partial charge in [0.15, 0.2) is 0 Å². The SMILES string of the molecule is CC(C)(C)OC(=O)N1CCC(c2cccc(COc3ccc(Cl)cc3Cl)c2)C1. The minimum absolute atomic E-state index is 0.244. The lowest BCUT2D eigenvalue weighted by atomic mass is 9.97. The summed E-state index contributed by atoms with van der Waals surface area (Å²) < 4.78 is 11.3. The standard InChI is InChI=1S/C22H25Cl2NO3/c1-22(2,3)28-21(26)25-10-9-17(13-25)16-6-4-5-15(11-16)14-27-20-8-7-18(23)12-19(20)24/h4-8,11-12,17H,9-10,13-14H2,1-3H3. The molecule has 1 fully saturated rings. The van der Waals surface area contributed by atoms with Gasteiger partial charge in [-0.2, -0.15) is 0 Å². The molecule has 28 heavy (non-hydrogen) atoms. The molecule has 1 aliphatic rings. The number of carbonyl (C=O) groups is 1. The lowest BCUT2D eigenvalue weighted by molar-refractivity contribution is 0.0292. The average Bonchev–Trinajstić information content (AvgIpc) is 3.10. The topological polar surface area (TPSA) is 38.8 Å². The van der Waals surface area contributed by atoms with Crippen molar-refractivity contribution in [2.75, 3.05) is 13.1 Å². The fraction of sp³-hybridized carbons (Fsp3) is 0.409. The van der Waals surface area contributed by atoms with Crippen LogP contribution in [-0.4, -0.2) is 29.7 Å². The van der Waals surface area contributed by atoms with E-state index >= 15 is 0 Å². The van der Waals surface area contributed by atoms with E-state index in [1.165, 1.54) is 5.56 Å². The minimum Gasteiger partial charge on any atom is -0.487 e. The molecule has 3 rings (SSSR count). The Balaban J connectivity index is 1.61. The Morgan fingerprint density at radius 2 is 1.96 bits per heavy atom. The third kappa shape index (κ3) is 5.55. The Morgan fingerprint density at radius 3 is 2.68 bits per heavy atom. The predicted molar refractivity (Wildman–Crippen MR) is 112 cm³/mol. The first-order valence-corrected chi connectivity index (χ1v) is 10.1. The second-order valence-electron chi connectivity index (χ2n) is 8.02. The van der Waals surface area contributed by atoms with E-state index in [-0.39, 0.29) is 6.09 Å². The van der Waals surface area contributed by atoms with E-state index in [9.17, 15) is 4.79 Å². The van der Waals surface area contributed by atoms with E-state index in [0.717, 1.165) is 12.0 Å². The Bertz CT molecular complexity index is 848. The van der Waals surface area contributed by atoms with E-state index in [1.807, 2.05) is 32.9 Å². The molecule has 0 bridgehead atoms. The molecule has 150 valence electrons. The number of hydrogen-bond acceptors (Lipinski definition) is 3. The molecule has 0 radical (unpaired) electrons. The molecule has 1 atom stereocenters. The van der Waals surface area contributed by atoms with Gasteiger partial charge in [0.25, 0.3) is 0 Å². The van der Waals surface area contributed by atoms with E-state index in [1.54, 1.807) is 23.1 Å². The Hall–Kier alpha value is -1.91. The van der Waals surface area contributed by atoms with Crippen LogP contribution < -0.4 is 4.74 Å². The molecule has 0 aliphatic carbocycles. The van der Waals surface area contributed by atoms with Crippen molar-refractivity contribution >= 4 is 29.3 Å². The highest BCUT2D eigenvalue weighted by Crippen LogP contribution is 2.30. The first-order chi connectivity index (χ1) is 13.2. The molecule has 4 nitrogen and oxygen atoms in total. The molecule has 2 aromatic rings. The van der Waals surface area contributed by atoms with Gasteiger partial charge >= 0.3 is 6.09 Å². The van der Waals surface area contributed by atoms with E-state index in [4.69, 9.17) is 32.7 Å². The second-order valence-corrected chi connectivity index (χ2v) is 8.86. The maximum Gasteiger partial charge on any atom is 0.410 e. The van der Waals surface area contributed by atoms with Crippen LogP contribution in [0.5, 0.6) is 5.75 Å². The van der Waals surface area contributed by atoms with Crippen molar-refractivity contribution < 1.29 is 14.3 Å². The van der Waals surface area contributed by atoms with Gasteiger partial charge in [0.05, 0.1) is 5.02 Å². The molecule has 6 heteroatoms. The molecule has 0 aromatic heterocycles. The van der Waals surface area contributed by atoms with Gasteiger partial charge in [0.1, 0.15) is 18.0 Å². The first-order valence-electron chi connectivity index (χ1n) is 9.36.